The number of thioether (sulfide) groups is 1. The van der Waals surface area contributed by atoms with E-state index in [4.69, 9.17) is 0 Å². The molecule has 0 aliphatic carbocycles. The lowest BCUT2D eigenvalue weighted by Gasteiger charge is -2.00. The van der Waals surface area contributed by atoms with E-state index in [1.54, 1.807) is 18.7 Å². The van der Waals surface area contributed by atoms with Gasteiger partial charge >= 0.3 is 0 Å². The molecule has 0 aliphatic heterocycles. The second-order valence-corrected chi connectivity index (χ2v) is 7.68. The molecule has 0 aliphatic rings. The van der Waals surface area contributed by atoms with Crippen molar-refractivity contribution in [1.29, 1.82) is 0 Å². The van der Waals surface area contributed by atoms with Crippen molar-refractivity contribution in [3.05, 3.63) is 20.5 Å². The Morgan fingerprint density at radius 3 is 2.43 bits per heavy atom. The maximum atomic E-state index is 12.1. The fourth-order valence-electron chi connectivity index (χ4n) is 2.45. The minimum atomic E-state index is -0.140. The molecule has 7 heteroatoms. The minimum absolute atomic E-state index is 0.140. The van der Waals surface area contributed by atoms with Crippen LogP contribution in [0.5, 0.6) is 0 Å². The van der Waals surface area contributed by atoms with Crippen molar-refractivity contribution in [2.75, 3.05) is 5.75 Å². The van der Waals surface area contributed by atoms with Gasteiger partial charge in [-0.05, 0) is 29.3 Å². The van der Waals surface area contributed by atoms with E-state index in [2.05, 4.69) is 37.9 Å². The van der Waals surface area contributed by atoms with E-state index < -0.39 is 0 Å². The lowest BCUT2D eigenvalue weighted by Crippen LogP contribution is -2.17. The molecule has 0 atom stereocenters. The van der Waals surface area contributed by atoms with Crippen molar-refractivity contribution in [3.8, 4) is 0 Å². The van der Waals surface area contributed by atoms with E-state index in [1.807, 2.05) is 0 Å². The van der Waals surface area contributed by atoms with Gasteiger partial charge in [0, 0.05) is 5.75 Å². The van der Waals surface area contributed by atoms with Crippen LogP contribution < -0.4 is 5.56 Å². The van der Waals surface area contributed by atoms with Crippen molar-refractivity contribution in [2.24, 2.45) is 0 Å². The average Bonchev–Trinajstić information content (AvgIpc) is 2.94. The molecule has 0 amide bonds. The molecule has 5 nitrogen and oxygen atoms in total. The Balaban J connectivity index is 1.73. The topological polar surface area (TPSA) is 63.1 Å². The number of aryl methyl sites for hydroxylation is 1. The Morgan fingerprint density at radius 2 is 1.74 bits per heavy atom. The molecule has 0 aromatic carbocycles. The van der Waals surface area contributed by atoms with E-state index >= 15 is 0 Å². The van der Waals surface area contributed by atoms with Crippen LogP contribution in [0.25, 0.3) is 5.78 Å². The highest BCUT2D eigenvalue weighted by molar-refractivity contribution is 9.10. The fourth-order valence-corrected chi connectivity index (χ4v) is 3.56. The van der Waals surface area contributed by atoms with Gasteiger partial charge in [-0.15, -0.1) is 0 Å². The third-order valence-electron chi connectivity index (χ3n) is 3.82. The first-order valence-electron chi connectivity index (χ1n) is 8.41. The summed E-state index contributed by atoms with van der Waals surface area (Å²) in [5.74, 6) is 1.46. The third-order valence-corrected chi connectivity index (χ3v) is 5.68. The molecule has 0 bridgehead atoms. The van der Waals surface area contributed by atoms with Crippen LogP contribution in [0.15, 0.2) is 14.4 Å². The Kier molecular flexibility index (Phi) is 7.62. The smallest absolute Gasteiger partial charge is 0.266 e. The van der Waals surface area contributed by atoms with Crippen LogP contribution >= 0.6 is 27.7 Å². The lowest BCUT2D eigenvalue weighted by molar-refractivity contribution is 0.586. The number of hydrogen-bond donors (Lipinski definition) is 1. The Bertz CT molecular complexity index is 683. The first kappa shape index (κ1) is 18.5. The molecule has 2 rings (SSSR count). The van der Waals surface area contributed by atoms with Gasteiger partial charge in [0.05, 0.1) is 5.69 Å². The van der Waals surface area contributed by atoms with Crippen LogP contribution in [0, 0.1) is 6.92 Å². The highest BCUT2D eigenvalue weighted by Crippen LogP contribution is 2.17. The van der Waals surface area contributed by atoms with Gasteiger partial charge in [-0.1, -0.05) is 63.6 Å². The number of aromatic amines is 1. The predicted octanol–water partition coefficient (Wildman–Crippen LogP) is 4.72. The molecule has 128 valence electrons. The first-order valence-corrected chi connectivity index (χ1v) is 10.2. The predicted molar refractivity (Wildman–Crippen MR) is 99.4 cm³/mol. The zero-order valence-electron chi connectivity index (χ0n) is 13.9. The number of halogens is 1. The van der Waals surface area contributed by atoms with Crippen LogP contribution in [0.4, 0.5) is 0 Å². The molecule has 2 aromatic rings. The van der Waals surface area contributed by atoms with Crippen LogP contribution in [0.2, 0.25) is 0 Å². The maximum absolute atomic E-state index is 12.1. The SMILES string of the molecule is CCCCCCCCCCSc1nc2nc(C)c(Br)c(=O)n2[nH]1. The molecule has 0 unspecified atom stereocenters. The molecule has 1 N–H and O–H groups in total. The summed E-state index contributed by atoms with van der Waals surface area (Å²) < 4.78 is 1.88. The number of aromatic nitrogens is 4. The summed E-state index contributed by atoms with van der Waals surface area (Å²) in [6, 6.07) is 0. The molecule has 2 heterocycles. The standard InChI is InChI=1S/C16H25BrN4OS/c1-3-4-5-6-7-8-9-10-11-23-16-19-15-18-12(2)13(17)14(22)21(15)20-16/h3-11H2,1-2H3,(H,18,19,20). The quantitative estimate of drug-likeness (QED) is 0.462. The van der Waals surface area contributed by atoms with Crippen molar-refractivity contribution in [2.45, 2.75) is 70.4 Å². The zero-order valence-corrected chi connectivity index (χ0v) is 16.3. The molecular formula is C16H25BrN4OS. The summed E-state index contributed by atoms with van der Waals surface area (Å²) in [7, 11) is 0. The van der Waals surface area contributed by atoms with E-state index in [9.17, 15) is 4.79 Å². The van der Waals surface area contributed by atoms with Gasteiger partial charge < -0.3 is 0 Å². The highest BCUT2D eigenvalue weighted by atomic mass is 79.9. The number of nitrogens with one attached hydrogen (secondary N) is 1. The summed E-state index contributed by atoms with van der Waals surface area (Å²) >= 11 is 4.92. The lowest BCUT2D eigenvalue weighted by atomic mass is 10.1. The Labute approximate surface area is 149 Å². The van der Waals surface area contributed by atoms with Crippen molar-refractivity contribution < 1.29 is 0 Å². The van der Waals surface area contributed by atoms with Gasteiger partial charge in [-0.2, -0.15) is 9.50 Å². The van der Waals surface area contributed by atoms with Crippen molar-refractivity contribution in [3.63, 3.8) is 0 Å². The molecule has 0 spiro atoms. The third kappa shape index (κ3) is 5.35. The second-order valence-electron chi connectivity index (χ2n) is 5.80. The Hall–Kier alpha value is -0.820. The van der Waals surface area contributed by atoms with Gasteiger partial charge in [0.2, 0.25) is 0 Å². The molecule has 23 heavy (non-hydrogen) atoms. The summed E-state index contributed by atoms with van der Waals surface area (Å²) in [5, 5.41) is 3.78. The monoisotopic (exact) mass is 400 g/mol. The largest absolute Gasteiger partial charge is 0.288 e. The zero-order chi connectivity index (χ0) is 16.7. The number of nitrogens with zero attached hydrogens (tertiary/aromatic N) is 3. The van der Waals surface area contributed by atoms with E-state index in [-0.39, 0.29) is 5.56 Å². The summed E-state index contributed by atoms with van der Waals surface area (Å²) in [4.78, 5) is 20.8. The average molecular weight is 401 g/mol. The first-order chi connectivity index (χ1) is 11.1. The van der Waals surface area contributed by atoms with Crippen LogP contribution in [-0.2, 0) is 0 Å². The van der Waals surface area contributed by atoms with Crippen molar-refractivity contribution >= 4 is 33.5 Å². The number of unbranched alkanes of at least 4 members (excludes halogenated alkanes) is 7. The van der Waals surface area contributed by atoms with E-state index in [1.165, 1.54) is 55.9 Å². The number of rotatable bonds is 10. The summed E-state index contributed by atoms with van der Waals surface area (Å²) in [6.45, 7) is 4.05. The fraction of sp³-hybridized carbons (Fsp3) is 0.688. The molecule has 0 radical (unpaired) electrons. The van der Waals surface area contributed by atoms with Crippen LogP contribution in [-0.4, -0.2) is 25.3 Å². The van der Waals surface area contributed by atoms with Gasteiger partial charge in [0.25, 0.3) is 11.3 Å². The van der Waals surface area contributed by atoms with Gasteiger partial charge in [-0.25, -0.2) is 4.98 Å². The van der Waals surface area contributed by atoms with Gasteiger partial charge in [-0.3, -0.25) is 9.89 Å². The maximum Gasteiger partial charge on any atom is 0.288 e. The van der Waals surface area contributed by atoms with Gasteiger partial charge in [0.1, 0.15) is 4.47 Å². The molecular weight excluding hydrogens is 376 g/mol. The molecule has 0 saturated heterocycles. The minimum Gasteiger partial charge on any atom is -0.266 e. The van der Waals surface area contributed by atoms with Gasteiger partial charge in [0.15, 0.2) is 5.16 Å². The van der Waals surface area contributed by atoms with E-state index in [0.717, 1.165) is 10.9 Å². The Morgan fingerprint density at radius 1 is 1.09 bits per heavy atom. The number of hydrogen-bond acceptors (Lipinski definition) is 4. The van der Waals surface area contributed by atoms with Crippen molar-refractivity contribution in [1.82, 2.24) is 19.6 Å². The number of fused-ring (bicyclic) bond motifs is 1. The van der Waals surface area contributed by atoms with Crippen LogP contribution in [0.1, 0.15) is 64.0 Å². The normalized spacial score (nSPS) is 11.4. The molecule has 0 fully saturated rings. The van der Waals surface area contributed by atoms with Crippen LogP contribution in [0.3, 0.4) is 0 Å². The molecule has 0 saturated carbocycles. The second kappa shape index (κ2) is 9.47. The molecule has 2 aromatic heterocycles. The summed E-state index contributed by atoms with van der Waals surface area (Å²) in [5.41, 5.74) is 0.528. The summed E-state index contributed by atoms with van der Waals surface area (Å²) in [6.07, 6.45) is 10.5. The highest BCUT2D eigenvalue weighted by Gasteiger charge is 2.11. The number of H-pyrrole nitrogens is 1. The van der Waals surface area contributed by atoms with E-state index in [0.29, 0.717) is 15.9 Å².